The largest absolute Gasteiger partial charge is 0.478 e. The van der Waals surface area contributed by atoms with Crippen molar-refractivity contribution in [1.82, 2.24) is 10.9 Å². The maximum absolute atomic E-state index is 13.2. The number of carbonyl (C=O) groups excluding carboxylic acids is 5. The summed E-state index contributed by atoms with van der Waals surface area (Å²) in [6, 6.07) is 19.6. The zero-order chi connectivity index (χ0) is 32.5. The first kappa shape index (κ1) is 32.3. The number of hydrogen-bond acceptors (Lipinski definition) is 9. The molecule has 2 atom stereocenters. The summed E-state index contributed by atoms with van der Waals surface area (Å²) in [5.74, 6) is -7.01. The van der Waals surface area contributed by atoms with Gasteiger partial charge >= 0.3 is 17.9 Å². The summed E-state index contributed by atoms with van der Waals surface area (Å²) >= 11 is 12.0. The van der Waals surface area contributed by atoms with Crippen LogP contribution in [0.3, 0.4) is 0 Å². The maximum Gasteiger partial charge on any atom is 0.349 e. The van der Waals surface area contributed by atoms with E-state index in [-0.39, 0.29) is 32.5 Å². The number of nitrogens with one attached hydrogen (secondary N) is 3. The molecule has 45 heavy (non-hydrogen) atoms. The Balaban J connectivity index is 1.50. The Morgan fingerprint density at radius 1 is 0.667 bits per heavy atom. The minimum absolute atomic E-state index is 0.0100. The second-order valence-electron chi connectivity index (χ2n) is 8.90. The van der Waals surface area contributed by atoms with Crippen LogP contribution in [0.4, 0.5) is 5.69 Å². The van der Waals surface area contributed by atoms with Crippen LogP contribution in [0.5, 0.6) is 0 Å². The molecule has 3 aromatic carbocycles. The number of ether oxygens (including phenoxy) is 2. The van der Waals surface area contributed by atoms with E-state index in [4.69, 9.17) is 37.1 Å². The van der Waals surface area contributed by atoms with Gasteiger partial charge in [0.05, 0.1) is 27.4 Å². The first-order chi connectivity index (χ1) is 21.5. The Bertz CT molecular complexity index is 1740. The normalized spacial score (nSPS) is 11.8. The van der Waals surface area contributed by atoms with Crippen LogP contribution in [0.2, 0.25) is 10.0 Å². The molecule has 0 saturated heterocycles. The SMILES string of the molecule is O=C(NNC(=O)[C@@H](OC(=O)c1ccccc1Cl)[C@@H](OC(=O)c1ccccc1Cl)C(=O)O)c1ccc(NC(=O)c2ccco2)cc1. The standard InChI is InChI=1S/C30H21Cl2N3O10/c31-20-8-3-1-6-18(20)29(41)44-23(24(28(39)40)45-30(42)19-7-2-4-9-21(19)32)27(38)35-34-25(36)16-11-13-17(14-12-16)33-26(37)22-10-5-15-43-22/h1-15,23-24H,(H,33,37)(H,34,36)(H,35,38)(H,39,40)/t23-,24+/m0/s1. The Kier molecular flexibility index (Phi) is 10.5. The first-order valence-electron chi connectivity index (χ1n) is 12.7. The zero-order valence-electron chi connectivity index (χ0n) is 22.7. The zero-order valence-corrected chi connectivity index (χ0v) is 24.2. The number of carboxylic acids is 1. The Hall–Kier alpha value is -5.66. The second kappa shape index (κ2) is 14.7. The summed E-state index contributed by atoms with van der Waals surface area (Å²) in [6.07, 6.45) is -3.38. The van der Waals surface area contributed by atoms with Gasteiger partial charge < -0.3 is 24.3 Å². The van der Waals surface area contributed by atoms with E-state index in [1.165, 1.54) is 85.1 Å². The molecule has 230 valence electrons. The molecule has 4 rings (SSSR count). The van der Waals surface area contributed by atoms with Crippen LogP contribution >= 0.6 is 23.2 Å². The predicted molar refractivity (Wildman–Crippen MR) is 158 cm³/mol. The third kappa shape index (κ3) is 8.25. The van der Waals surface area contributed by atoms with E-state index < -0.39 is 47.8 Å². The van der Waals surface area contributed by atoms with Crippen LogP contribution in [-0.2, 0) is 19.1 Å². The minimum atomic E-state index is -2.39. The molecule has 0 aliphatic heterocycles. The van der Waals surface area contributed by atoms with Gasteiger partial charge in [-0.3, -0.25) is 25.2 Å². The van der Waals surface area contributed by atoms with Gasteiger partial charge in [0.15, 0.2) is 5.76 Å². The monoisotopic (exact) mass is 653 g/mol. The highest BCUT2D eigenvalue weighted by molar-refractivity contribution is 6.34. The molecule has 15 heteroatoms. The molecule has 0 fully saturated rings. The number of amides is 3. The third-order valence-corrected chi connectivity index (χ3v) is 6.54. The van der Waals surface area contributed by atoms with E-state index in [1.54, 1.807) is 6.07 Å². The fourth-order valence-corrected chi connectivity index (χ4v) is 4.10. The topological polar surface area (TPSA) is 190 Å². The van der Waals surface area contributed by atoms with E-state index in [1.807, 2.05) is 5.43 Å². The summed E-state index contributed by atoms with van der Waals surface area (Å²) in [4.78, 5) is 75.9. The molecule has 1 aromatic heterocycles. The molecule has 0 saturated carbocycles. The molecule has 4 aromatic rings. The summed E-state index contributed by atoms with van der Waals surface area (Å²) in [6.45, 7) is 0. The highest BCUT2D eigenvalue weighted by Gasteiger charge is 2.41. The van der Waals surface area contributed by atoms with E-state index in [2.05, 4.69) is 10.7 Å². The molecule has 3 amide bonds. The molecule has 0 unspecified atom stereocenters. The number of aliphatic carboxylic acids is 1. The van der Waals surface area contributed by atoms with Crippen LogP contribution < -0.4 is 16.2 Å². The number of furan rings is 1. The number of hydrogen-bond donors (Lipinski definition) is 4. The molecular formula is C30H21Cl2N3O10. The van der Waals surface area contributed by atoms with Gasteiger partial charge in [0.1, 0.15) is 0 Å². The van der Waals surface area contributed by atoms with Crippen molar-refractivity contribution in [1.29, 1.82) is 0 Å². The van der Waals surface area contributed by atoms with Crippen molar-refractivity contribution in [2.45, 2.75) is 12.2 Å². The highest BCUT2D eigenvalue weighted by atomic mass is 35.5. The molecule has 13 nitrogen and oxygen atoms in total. The molecule has 1 heterocycles. The lowest BCUT2D eigenvalue weighted by Gasteiger charge is -2.24. The van der Waals surface area contributed by atoms with Crippen molar-refractivity contribution in [3.05, 3.63) is 124 Å². The van der Waals surface area contributed by atoms with Crippen LogP contribution in [0.15, 0.2) is 95.6 Å². The predicted octanol–water partition coefficient (Wildman–Crippen LogP) is 4.14. The number of rotatable bonds is 10. The van der Waals surface area contributed by atoms with Gasteiger partial charge in [0.2, 0.25) is 12.2 Å². The smallest absolute Gasteiger partial charge is 0.349 e. The molecule has 0 radical (unpaired) electrons. The Labute approximate surface area is 264 Å². The average Bonchev–Trinajstić information content (AvgIpc) is 3.57. The van der Waals surface area contributed by atoms with E-state index >= 15 is 0 Å². The van der Waals surface area contributed by atoms with Crippen LogP contribution in [0.25, 0.3) is 0 Å². The summed E-state index contributed by atoms with van der Waals surface area (Å²) in [5, 5.41) is 12.3. The van der Waals surface area contributed by atoms with Gasteiger partial charge in [-0.2, -0.15) is 0 Å². The number of hydrazine groups is 1. The van der Waals surface area contributed by atoms with Crippen molar-refractivity contribution in [2.75, 3.05) is 5.32 Å². The average molecular weight is 654 g/mol. The van der Waals surface area contributed by atoms with E-state index in [9.17, 15) is 33.9 Å². The van der Waals surface area contributed by atoms with Crippen LogP contribution in [0.1, 0.15) is 41.6 Å². The fraction of sp³-hybridized carbons (Fsp3) is 0.0667. The number of carbonyl (C=O) groups is 6. The number of carboxylic acid groups (broad SMARTS) is 1. The van der Waals surface area contributed by atoms with Crippen LogP contribution in [-0.4, -0.2) is 52.9 Å². The number of anilines is 1. The second-order valence-corrected chi connectivity index (χ2v) is 9.72. The quantitative estimate of drug-likeness (QED) is 0.143. The summed E-state index contributed by atoms with van der Waals surface area (Å²) in [7, 11) is 0. The van der Waals surface area contributed by atoms with Gasteiger partial charge in [0.25, 0.3) is 17.7 Å². The Morgan fingerprint density at radius 2 is 1.22 bits per heavy atom. The van der Waals surface area contributed by atoms with Gasteiger partial charge in [-0.05, 0) is 60.7 Å². The number of halogens is 2. The highest BCUT2D eigenvalue weighted by Crippen LogP contribution is 2.21. The van der Waals surface area contributed by atoms with Gasteiger partial charge in [-0.1, -0.05) is 47.5 Å². The molecule has 0 aliphatic carbocycles. The summed E-state index contributed by atoms with van der Waals surface area (Å²) < 4.78 is 15.2. The molecule has 0 bridgehead atoms. The molecule has 4 N–H and O–H groups in total. The van der Waals surface area contributed by atoms with Gasteiger partial charge in [0, 0.05) is 11.3 Å². The van der Waals surface area contributed by atoms with Gasteiger partial charge in [-0.25, -0.2) is 14.4 Å². The minimum Gasteiger partial charge on any atom is -0.478 e. The van der Waals surface area contributed by atoms with Crippen molar-refractivity contribution in [2.24, 2.45) is 0 Å². The number of esters is 2. The molecule has 0 spiro atoms. The van der Waals surface area contributed by atoms with E-state index in [0.717, 1.165) is 0 Å². The first-order valence-corrected chi connectivity index (χ1v) is 13.5. The Morgan fingerprint density at radius 3 is 1.73 bits per heavy atom. The third-order valence-electron chi connectivity index (χ3n) is 5.88. The van der Waals surface area contributed by atoms with Crippen molar-refractivity contribution in [3.8, 4) is 0 Å². The lowest BCUT2D eigenvalue weighted by molar-refractivity contribution is -0.159. The fourth-order valence-electron chi connectivity index (χ4n) is 3.67. The van der Waals surface area contributed by atoms with E-state index in [0.29, 0.717) is 5.69 Å². The van der Waals surface area contributed by atoms with Crippen molar-refractivity contribution >= 4 is 64.5 Å². The van der Waals surface area contributed by atoms with Gasteiger partial charge in [-0.15, -0.1) is 0 Å². The lowest BCUT2D eigenvalue weighted by Crippen LogP contribution is -2.54. The summed E-state index contributed by atoms with van der Waals surface area (Å²) in [5.41, 5.74) is 3.92. The molecule has 0 aliphatic rings. The lowest BCUT2D eigenvalue weighted by atomic mass is 10.1. The van der Waals surface area contributed by atoms with Crippen molar-refractivity contribution < 1.29 is 47.8 Å². The van der Waals surface area contributed by atoms with Crippen molar-refractivity contribution in [3.63, 3.8) is 0 Å². The number of benzene rings is 3. The molecular weight excluding hydrogens is 633 g/mol. The maximum atomic E-state index is 13.2. The van der Waals surface area contributed by atoms with Crippen LogP contribution in [0, 0.1) is 0 Å².